The van der Waals surface area contributed by atoms with Crippen LogP contribution >= 0.6 is 0 Å². The van der Waals surface area contributed by atoms with Gasteiger partial charge in [-0.2, -0.15) is 0 Å². The Balaban J connectivity index is 2.22. The second-order valence-corrected chi connectivity index (χ2v) is 6.87. The van der Waals surface area contributed by atoms with Gasteiger partial charge in [0.15, 0.2) is 5.76 Å². The molecule has 0 fully saturated rings. The molecule has 0 bridgehead atoms. The van der Waals surface area contributed by atoms with Crippen LogP contribution in [0.3, 0.4) is 0 Å². The summed E-state index contributed by atoms with van der Waals surface area (Å²) >= 11 is 0. The van der Waals surface area contributed by atoms with Crippen molar-refractivity contribution in [3.63, 3.8) is 0 Å². The topological polar surface area (TPSA) is 48.0 Å². The van der Waals surface area contributed by atoms with Gasteiger partial charge >= 0.3 is 0 Å². The van der Waals surface area contributed by atoms with Gasteiger partial charge in [0.1, 0.15) is 6.61 Å². The van der Waals surface area contributed by atoms with Crippen LogP contribution in [0.1, 0.15) is 35.3 Å². The van der Waals surface area contributed by atoms with Gasteiger partial charge in [-0.1, -0.05) is 36.4 Å². The van der Waals surface area contributed by atoms with Crippen LogP contribution in [0.5, 0.6) is 0 Å². The SMILES string of the molecule is CCN(CC)c1ccc(C=C(OCCOCCOC)C(=O)c2ccccc2)c(C)c1. The number of hydrogen-bond donors (Lipinski definition) is 0. The summed E-state index contributed by atoms with van der Waals surface area (Å²) in [5.74, 6) is 0.176. The van der Waals surface area contributed by atoms with Gasteiger partial charge in [0.05, 0.1) is 19.8 Å². The number of hydrogen-bond acceptors (Lipinski definition) is 5. The molecule has 0 amide bonds. The molecule has 0 heterocycles. The Morgan fingerprint density at radius 1 is 0.967 bits per heavy atom. The van der Waals surface area contributed by atoms with Crippen LogP contribution in [0.2, 0.25) is 0 Å². The first-order valence-corrected chi connectivity index (χ1v) is 10.5. The molecule has 0 saturated carbocycles. The minimum Gasteiger partial charge on any atom is -0.487 e. The molecule has 0 atom stereocenters. The van der Waals surface area contributed by atoms with E-state index >= 15 is 0 Å². The van der Waals surface area contributed by atoms with Crippen LogP contribution in [0.15, 0.2) is 54.3 Å². The lowest BCUT2D eigenvalue weighted by molar-refractivity contribution is 0.0403. The summed E-state index contributed by atoms with van der Waals surface area (Å²) in [4.78, 5) is 15.3. The van der Waals surface area contributed by atoms with Crippen LogP contribution in [0.25, 0.3) is 6.08 Å². The third-order valence-corrected chi connectivity index (χ3v) is 4.85. The monoisotopic (exact) mass is 411 g/mol. The van der Waals surface area contributed by atoms with Crippen molar-refractivity contribution in [1.29, 1.82) is 0 Å². The van der Waals surface area contributed by atoms with Crippen molar-refractivity contribution in [2.24, 2.45) is 0 Å². The molecule has 0 N–H and O–H groups in total. The highest BCUT2D eigenvalue weighted by Crippen LogP contribution is 2.22. The summed E-state index contributed by atoms with van der Waals surface area (Å²) in [5, 5.41) is 0. The van der Waals surface area contributed by atoms with Gasteiger partial charge in [-0.05, 0) is 50.1 Å². The predicted octanol–water partition coefficient (Wildman–Crippen LogP) is 4.74. The third kappa shape index (κ3) is 7.01. The van der Waals surface area contributed by atoms with Gasteiger partial charge in [0.25, 0.3) is 0 Å². The van der Waals surface area contributed by atoms with Gasteiger partial charge in [0, 0.05) is 31.5 Å². The van der Waals surface area contributed by atoms with Crippen molar-refractivity contribution >= 4 is 17.5 Å². The van der Waals surface area contributed by atoms with Crippen molar-refractivity contribution in [1.82, 2.24) is 0 Å². The van der Waals surface area contributed by atoms with E-state index in [1.165, 1.54) is 5.69 Å². The second-order valence-electron chi connectivity index (χ2n) is 6.87. The number of ketones is 1. The minimum absolute atomic E-state index is 0.139. The molecule has 0 aliphatic carbocycles. The van der Waals surface area contributed by atoms with Crippen molar-refractivity contribution in [3.8, 4) is 0 Å². The van der Waals surface area contributed by atoms with E-state index in [0.717, 1.165) is 24.2 Å². The lowest BCUT2D eigenvalue weighted by Gasteiger charge is -2.22. The maximum absolute atomic E-state index is 13.0. The Morgan fingerprint density at radius 2 is 1.67 bits per heavy atom. The number of aryl methyl sites for hydroxylation is 1. The van der Waals surface area contributed by atoms with Crippen LogP contribution in [0.4, 0.5) is 5.69 Å². The Labute approximate surface area is 180 Å². The molecule has 0 radical (unpaired) electrons. The predicted molar refractivity (Wildman–Crippen MR) is 122 cm³/mol. The zero-order chi connectivity index (χ0) is 21.8. The van der Waals surface area contributed by atoms with E-state index in [2.05, 4.69) is 37.8 Å². The molecule has 0 aromatic heterocycles. The number of methoxy groups -OCH3 is 1. The second kappa shape index (κ2) is 12.8. The molecule has 0 spiro atoms. The summed E-state index contributed by atoms with van der Waals surface area (Å²) in [6.07, 6.45) is 1.83. The van der Waals surface area contributed by atoms with E-state index in [1.807, 2.05) is 30.3 Å². The highest BCUT2D eigenvalue weighted by atomic mass is 16.5. The molecule has 5 heteroatoms. The summed E-state index contributed by atoms with van der Waals surface area (Å²) in [6, 6.07) is 15.5. The Kier molecular flexibility index (Phi) is 10.1. The van der Waals surface area contributed by atoms with E-state index in [9.17, 15) is 4.79 Å². The summed E-state index contributed by atoms with van der Waals surface area (Å²) in [7, 11) is 1.63. The molecule has 162 valence electrons. The van der Waals surface area contributed by atoms with Crippen LogP contribution < -0.4 is 4.90 Å². The number of benzene rings is 2. The van der Waals surface area contributed by atoms with Gasteiger partial charge in [0.2, 0.25) is 5.78 Å². The van der Waals surface area contributed by atoms with Crippen molar-refractivity contribution in [3.05, 3.63) is 71.0 Å². The summed E-state index contributed by atoms with van der Waals surface area (Å²) in [5.41, 5.74) is 3.84. The molecule has 0 aliphatic rings. The fourth-order valence-electron chi connectivity index (χ4n) is 3.11. The third-order valence-electron chi connectivity index (χ3n) is 4.85. The zero-order valence-electron chi connectivity index (χ0n) is 18.5. The fourth-order valence-corrected chi connectivity index (χ4v) is 3.11. The van der Waals surface area contributed by atoms with Crippen molar-refractivity contribution < 1.29 is 19.0 Å². The fraction of sp³-hybridized carbons (Fsp3) is 0.400. The van der Waals surface area contributed by atoms with Crippen LogP contribution in [0, 0.1) is 6.92 Å². The number of carbonyl (C=O) groups excluding carboxylic acids is 1. The maximum Gasteiger partial charge on any atom is 0.227 e. The number of anilines is 1. The van der Waals surface area contributed by atoms with Crippen LogP contribution in [-0.4, -0.2) is 52.4 Å². The average Bonchev–Trinajstić information content (AvgIpc) is 2.77. The van der Waals surface area contributed by atoms with E-state index in [0.29, 0.717) is 37.8 Å². The Bertz CT molecular complexity index is 813. The first-order valence-electron chi connectivity index (χ1n) is 10.5. The molecular formula is C25H33NO4. The molecule has 0 unspecified atom stereocenters. The largest absolute Gasteiger partial charge is 0.487 e. The first kappa shape index (κ1) is 23.6. The quantitative estimate of drug-likeness (QED) is 0.206. The molecule has 2 aromatic carbocycles. The number of allylic oxidation sites excluding steroid dienone is 1. The van der Waals surface area contributed by atoms with Crippen molar-refractivity contribution in [2.45, 2.75) is 20.8 Å². The number of Topliss-reactive ketones (excluding diaryl/α,β-unsaturated/α-hetero) is 1. The number of ether oxygens (including phenoxy) is 3. The normalized spacial score (nSPS) is 11.4. The van der Waals surface area contributed by atoms with Gasteiger partial charge in [-0.15, -0.1) is 0 Å². The minimum atomic E-state index is -0.139. The Hall–Kier alpha value is -2.63. The zero-order valence-corrected chi connectivity index (χ0v) is 18.5. The van der Waals surface area contributed by atoms with E-state index in [4.69, 9.17) is 14.2 Å². The van der Waals surface area contributed by atoms with Gasteiger partial charge in [-0.3, -0.25) is 4.79 Å². The van der Waals surface area contributed by atoms with Gasteiger partial charge < -0.3 is 19.1 Å². The standard InChI is InChI=1S/C25H33NO4/c1-5-26(6-2)23-13-12-22(20(3)18-23)19-24(30-17-16-29-15-14-28-4)25(27)21-10-8-7-9-11-21/h7-13,18-19H,5-6,14-17H2,1-4H3. The molecule has 5 nitrogen and oxygen atoms in total. The molecular weight excluding hydrogens is 378 g/mol. The molecule has 30 heavy (non-hydrogen) atoms. The van der Waals surface area contributed by atoms with Crippen molar-refractivity contribution in [2.75, 3.05) is 51.5 Å². The summed E-state index contributed by atoms with van der Waals surface area (Å²) in [6.45, 7) is 9.97. The van der Waals surface area contributed by atoms with E-state index in [-0.39, 0.29) is 5.78 Å². The molecule has 2 aromatic rings. The number of carbonyl (C=O) groups is 1. The van der Waals surface area contributed by atoms with E-state index in [1.54, 1.807) is 19.2 Å². The first-order chi connectivity index (χ1) is 14.6. The Morgan fingerprint density at radius 3 is 2.30 bits per heavy atom. The van der Waals surface area contributed by atoms with Gasteiger partial charge in [-0.25, -0.2) is 0 Å². The van der Waals surface area contributed by atoms with E-state index < -0.39 is 0 Å². The van der Waals surface area contributed by atoms with Crippen LogP contribution in [-0.2, 0) is 14.2 Å². The smallest absolute Gasteiger partial charge is 0.227 e. The highest BCUT2D eigenvalue weighted by Gasteiger charge is 2.15. The average molecular weight is 412 g/mol. The lowest BCUT2D eigenvalue weighted by atomic mass is 10.0. The molecule has 2 rings (SSSR count). The number of nitrogens with zero attached hydrogens (tertiary/aromatic N) is 1. The molecule has 0 aliphatic heterocycles. The lowest BCUT2D eigenvalue weighted by Crippen LogP contribution is -2.21. The maximum atomic E-state index is 13.0. The highest BCUT2D eigenvalue weighted by molar-refractivity contribution is 6.09. The summed E-state index contributed by atoms with van der Waals surface area (Å²) < 4.78 is 16.3. The number of rotatable bonds is 13. The molecule has 0 saturated heterocycles.